The monoisotopic (exact) mass is 507 g/mol. The molecule has 0 saturated heterocycles. The van der Waals surface area contributed by atoms with E-state index in [1.165, 1.54) is 6.07 Å². The number of fused-ring (bicyclic) bond motifs is 1. The van der Waals surface area contributed by atoms with Crippen LogP contribution in [-0.2, 0) is 0 Å². The summed E-state index contributed by atoms with van der Waals surface area (Å²) in [6.07, 6.45) is 0. The molecule has 9 heteroatoms. The lowest BCUT2D eigenvalue weighted by Gasteiger charge is -2.08. The molecule has 0 bridgehead atoms. The minimum Gasteiger partial charge on any atom is -0.411 e. The summed E-state index contributed by atoms with van der Waals surface area (Å²) in [5, 5.41) is 9.25. The molecule has 0 unspecified atom stereocenters. The smallest absolute Gasteiger partial charge is 0.277 e. The second-order valence-electron chi connectivity index (χ2n) is 7.71. The highest BCUT2D eigenvalue weighted by Gasteiger charge is 2.22. The van der Waals surface area contributed by atoms with Crippen LogP contribution in [0.25, 0.3) is 33.6 Å². The minimum absolute atomic E-state index is 0.0661. The first-order valence-corrected chi connectivity index (χ1v) is 11.8. The molecule has 2 aromatic heterocycles. The number of aromatic nitrogens is 3. The van der Waals surface area contributed by atoms with Crippen molar-refractivity contribution in [3.05, 3.63) is 95.0 Å². The maximum absolute atomic E-state index is 13.5. The summed E-state index contributed by atoms with van der Waals surface area (Å²) in [5.41, 5.74) is 3.10. The Morgan fingerprint density at radius 1 is 0.971 bits per heavy atom. The van der Waals surface area contributed by atoms with Crippen molar-refractivity contribution in [1.82, 2.24) is 15.2 Å². The zero-order valence-corrected chi connectivity index (χ0v) is 19.8. The first-order valence-electron chi connectivity index (χ1n) is 10.5. The molecular formula is C26H16ClF2N3O2S. The lowest BCUT2D eigenvalue weighted by molar-refractivity contribution is 0.0993. The Morgan fingerprint density at radius 3 is 2.51 bits per heavy atom. The fourth-order valence-electron chi connectivity index (χ4n) is 3.58. The topological polar surface area (TPSA) is 68.9 Å². The highest BCUT2D eigenvalue weighted by Crippen LogP contribution is 2.34. The van der Waals surface area contributed by atoms with Gasteiger partial charge in [-0.15, -0.1) is 10.2 Å². The van der Waals surface area contributed by atoms with Gasteiger partial charge in [-0.2, -0.15) is 0 Å². The van der Waals surface area contributed by atoms with Gasteiger partial charge < -0.3 is 4.42 Å². The molecule has 174 valence electrons. The van der Waals surface area contributed by atoms with E-state index in [4.69, 9.17) is 21.0 Å². The Balaban J connectivity index is 1.46. The molecule has 35 heavy (non-hydrogen) atoms. The van der Waals surface area contributed by atoms with Crippen molar-refractivity contribution >= 4 is 40.0 Å². The van der Waals surface area contributed by atoms with Crippen LogP contribution in [-0.4, -0.2) is 26.2 Å². The van der Waals surface area contributed by atoms with Crippen LogP contribution < -0.4 is 0 Å². The van der Waals surface area contributed by atoms with Crippen molar-refractivity contribution in [2.75, 3.05) is 0 Å². The first kappa shape index (κ1) is 23.1. The molecule has 0 fully saturated rings. The van der Waals surface area contributed by atoms with Gasteiger partial charge in [-0.05, 0) is 49.4 Å². The molecule has 0 aliphatic rings. The number of ketones is 1. The predicted molar refractivity (Wildman–Crippen MR) is 131 cm³/mol. The number of carbonyl (C=O) groups is 1. The van der Waals surface area contributed by atoms with Crippen molar-refractivity contribution in [3.8, 4) is 22.7 Å². The lowest BCUT2D eigenvalue weighted by Crippen LogP contribution is -2.14. The van der Waals surface area contributed by atoms with E-state index in [0.717, 1.165) is 40.4 Å². The summed E-state index contributed by atoms with van der Waals surface area (Å²) in [6.45, 7) is 1.64. The van der Waals surface area contributed by atoms with Crippen molar-refractivity contribution in [1.29, 1.82) is 0 Å². The summed E-state index contributed by atoms with van der Waals surface area (Å²) in [6, 6.07) is 19.9. The molecular weight excluding hydrogens is 492 g/mol. The molecule has 3 aromatic carbocycles. The fourth-order valence-corrected chi connectivity index (χ4v) is 4.46. The molecule has 0 amide bonds. The van der Waals surface area contributed by atoms with Gasteiger partial charge >= 0.3 is 0 Å². The zero-order chi connectivity index (χ0) is 24.5. The standard InChI is InChI=1S/C26H16ClF2N3O2S/c1-14(24(33)16-8-11-20(28)21(29)12-16)35-26-32-31-25(34-26)19-13-23(15-6-9-17(27)10-7-15)30-22-5-3-2-4-18(19)22/h2-14H,1H3/t14-/m0/s1. The van der Waals surface area contributed by atoms with Crippen molar-refractivity contribution in [2.24, 2.45) is 0 Å². The van der Waals surface area contributed by atoms with E-state index in [2.05, 4.69) is 10.2 Å². The molecule has 5 aromatic rings. The van der Waals surface area contributed by atoms with Crippen LogP contribution in [0.5, 0.6) is 0 Å². The minimum atomic E-state index is -1.07. The number of carbonyl (C=O) groups excluding carboxylic acids is 1. The molecule has 2 heterocycles. The second kappa shape index (κ2) is 9.56. The molecule has 0 spiro atoms. The molecule has 0 aliphatic carbocycles. The maximum Gasteiger partial charge on any atom is 0.277 e. The molecule has 5 nitrogen and oxygen atoms in total. The van der Waals surface area contributed by atoms with Crippen molar-refractivity contribution in [3.63, 3.8) is 0 Å². The van der Waals surface area contributed by atoms with Crippen LogP contribution in [0.2, 0.25) is 5.02 Å². The number of nitrogens with zero attached hydrogens (tertiary/aromatic N) is 3. The number of hydrogen-bond acceptors (Lipinski definition) is 6. The van der Waals surface area contributed by atoms with Crippen LogP contribution in [0, 0.1) is 11.6 Å². The van der Waals surface area contributed by atoms with E-state index in [0.29, 0.717) is 16.3 Å². The second-order valence-corrected chi connectivity index (χ2v) is 9.43. The molecule has 0 saturated carbocycles. The highest BCUT2D eigenvalue weighted by atomic mass is 35.5. The van der Waals surface area contributed by atoms with E-state index in [-0.39, 0.29) is 22.5 Å². The number of benzene rings is 3. The van der Waals surface area contributed by atoms with E-state index in [9.17, 15) is 13.6 Å². The number of pyridine rings is 1. The van der Waals surface area contributed by atoms with Gasteiger partial charge in [-0.3, -0.25) is 4.79 Å². The third-order valence-electron chi connectivity index (χ3n) is 5.34. The molecule has 0 radical (unpaired) electrons. The number of halogens is 3. The van der Waals surface area contributed by atoms with Gasteiger partial charge in [0.1, 0.15) is 0 Å². The number of thioether (sulfide) groups is 1. The Kier molecular flexibility index (Phi) is 6.32. The van der Waals surface area contributed by atoms with E-state index < -0.39 is 16.9 Å². The third-order valence-corrected chi connectivity index (χ3v) is 6.53. The van der Waals surface area contributed by atoms with Crippen LogP contribution in [0.3, 0.4) is 0 Å². The van der Waals surface area contributed by atoms with Gasteiger partial charge in [0.2, 0.25) is 5.89 Å². The van der Waals surface area contributed by atoms with Gasteiger partial charge in [-0.1, -0.05) is 53.7 Å². The SMILES string of the molecule is C[C@H](Sc1nnc(-c2cc(-c3ccc(Cl)cc3)nc3ccccc23)o1)C(=O)c1ccc(F)c(F)c1. The van der Waals surface area contributed by atoms with Crippen LogP contribution in [0.4, 0.5) is 8.78 Å². The number of para-hydroxylation sites is 1. The van der Waals surface area contributed by atoms with Crippen LogP contribution >= 0.6 is 23.4 Å². The highest BCUT2D eigenvalue weighted by molar-refractivity contribution is 8.00. The Morgan fingerprint density at radius 2 is 1.74 bits per heavy atom. The molecule has 1 atom stereocenters. The van der Waals surface area contributed by atoms with Gasteiger partial charge in [0.15, 0.2) is 17.4 Å². The number of rotatable bonds is 6. The molecule has 0 aliphatic heterocycles. The number of hydrogen-bond donors (Lipinski definition) is 0. The first-order chi connectivity index (χ1) is 16.9. The Labute approximate surface area is 208 Å². The maximum atomic E-state index is 13.5. The average molecular weight is 508 g/mol. The van der Waals surface area contributed by atoms with Gasteiger partial charge in [0.05, 0.1) is 22.0 Å². The van der Waals surface area contributed by atoms with Crippen molar-refractivity contribution in [2.45, 2.75) is 17.4 Å². The number of Topliss-reactive ketones (excluding diaryl/α,β-unsaturated/α-hetero) is 1. The summed E-state index contributed by atoms with van der Waals surface area (Å²) in [5.74, 6) is -2.19. The predicted octanol–water partition coefficient (Wildman–Crippen LogP) is 7.25. The normalized spacial score (nSPS) is 12.1. The summed E-state index contributed by atoms with van der Waals surface area (Å²) in [4.78, 5) is 17.4. The van der Waals surface area contributed by atoms with Crippen molar-refractivity contribution < 1.29 is 18.0 Å². The Hall–Kier alpha value is -3.62. The third kappa shape index (κ3) is 4.80. The zero-order valence-electron chi connectivity index (χ0n) is 18.2. The fraction of sp³-hybridized carbons (Fsp3) is 0.0769. The largest absolute Gasteiger partial charge is 0.411 e. The van der Waals surface area contributed by atoms with Gasteiger partial charge in [-0.25, -0.2) is 13.8 Å². The van der Waals surface area contributed by atoms with E-state index in [1.54, 1.807) is 19.1 Å². The quantitative estimate of drug-likeness (QED) is 0.178. The molecule has 5 rings (SSSR count). The Bertz CT molecular complexity index is 1560. The lowest BCUT2D eigenvalue weighted by atomic mass is 10.0. The van der Waals surface area contributed by atoms with Crippen LogP contribution in [0.1, 0.15) is 17.3 Å². The van der Waals surface area contributed by atoms with Crippen LogP contribution in [0.15, 0.2) is 82.4 Å². The summed E-state index contributed by atoms with van der Waals surface area (Å²) >= 11 is 7.07. The van der Waals surface area contributed by atoms with Gasteiger partial charge in [0, 0.05) is 21.5 Å². The summed E-state index contributed by atoms with van der Waals surface area (Å²) in [7, 11) is 0. The van der Waals surface area contributed by atoms with E-state index >= 15 is 0 Å². The molecule has 0 N–H and O–H groups in total. The summed E-state index contributed by atoms with van der Waals surface area (Å²) < 4.78 is 32.6. The van der Waals surface area contributed by atoms with E-state index in [1.807, 2.05) is 42.5 Å². The van der Waals surface area contributed by atoms with Gasteiger partial charge in [0.25, 0.3) is 5.22 Å². The average Bonchev–Trinajstić information content (AvgIpc) is 3.33.